The lowest BCUT2D eigenvalue weighted by atomic mass is 9.91. The van der Waals surface area contributed by atoms with Gasteiger partial charge in [0.2, 0.25) is 0 Å². The molecule has 2 aliphatic carbocycles. The first-order chi connectivity index (χ1) is 6.95. The van der Waals surface area contributed by atoms with E-state index >= 15 is 0 Å². The van der Waals surface area contributed by atoms with E-state index in [0.717, 1.165) is 11.6 Å². The van der Waals surface area contributed by atoms with Crippen molar-refractivity contribution < 1.29 is 0 Å². The van der Waals surface area contributed by atoms with Gasteiger partial charge in [-0.1, -0.05) is 51.4 Å². The minimum absolute atomic E-state index is 1.13. The van der Waals surface area contributed by atoms with Crippen LogP contribution in [0.4, 0.5) is 0 Å². The second-order valence-corrected chi connectivity index (χ2v) is 6.88. The Bertz CT molecular complexity index is 125. The summed E-state index contributed by atoms with van der Waals surface area (Å²) in [6.07, 6.45) is 17.0. The second kappa shape index (κ2) is 6.11. The third-order valence-electron chi connectivity index (χ3n) is 4.03. The Morgan fingerprint density at radius 1 is 0.714 bits per heavy atom. The topological polar surface area (TPSA) is 0 Å². The summed E-state index contributed by atoms with van der Waals surface area (Å²) in [4.78, 5) is 0. The lowest BCUT2D eigenvalue weighted by Gasteiger charge is -2.26. The van der Waals surface area contributed by atoms with Gasteiger partial charge in [-0.2, -0.15) is 0 Å². The van der Waals surface area contributed by atoms with E-state index in [1.165, 1.54) is 47.1 Å². The minimum Gasteiger partial charge on any atom is -0.119 e. The molecule has 2 rings (SSSR count). The van der Waals surface area contributed by atoms with Gasteiger partial charge in [-0.05, 0) is 30.6 Å². The Labute approximate surface area is 91.0 Å². The summed E-state index contributed by atoms with van der Waals surface area (Å²) in [6, 6.07) is 0. The van der Waals surface area contributed by atoms with Gasteiger partial charge in [0.25, 0.3) is 0 Å². The summed E-state index contributed by atoms with van der Waals surface area (Å²) in [6.45, 7) is 0. The third-order valence-corrected chi connectivity index (χ3v) is 5.99. The van der Waals surface area contributed by atoms with E-state index in [0.29, 0.717) is 0 Å². The molecule has 0 amide bonds. The largest absolute Gasteiger partial charge is 0.119 e. The SMILES string of the molecule is C1CCC(CPC2CCCCC2)CC1. The summed E-state index contributed by atoms with van der Waals surface area (Å²) < 4.78 is 0. The first kappa shape index (κ1) is 10.9. The van der Waals surface area contributed by atoms with Crippen LogP contribution in [0.25, 0.3) is 0 Å². The zero-order valence-corrected chi connectivity index (χ0v) is 10.4. The molecule has 0 aromatic rings. The van der Waals surface area contributed by atoms with E-state index in [1.807, 2.05) is 0 Å². The first-order valence-electron chi connectivity index (χ1n) is 6.68. The molecule has 1 unspecified atom stereocenters. The van der Waals surface area contributed by atoms with E-state index in [9.17, 15) is 0 Å². The quantitative estimate of drug-likeness (QED) is 0.601. The van der Waals surface area contributed by atoms with E-state index in [-0.39, 0.29) is 0 Å². The van der Waals surface area contributed by atoms with Gasteiger partial charge >= 0.3 is 0 Å². The van der Waals surface area contributed by atoms with Crippen molar-refractivity contribution in [3.05, 3.63) is 0 Å². The van der Waals surface area contributed by atoms with Gasteiger partial charge < -0.3 is 0 Å². The molecule has 0 aromatic heterocycles. The third kappa shape index (κ3) is 3.54. The summed E-state index contributed by atoms with van der Waals surface area (Å²) in [5.74, 6) is 1.13. The van der Waals surface area contributed by atoms with E-state index in [4.69, 9.17) is 0 Å². The van der Waals surface area contributed by atoms with Crippen LogP contribution in [0, 0.1) is 5.92 Å². The molecule has 0 heterocycles. The molecule has 1 heteroatoms. The zero-order valence-electron chi connectivity index (χ0n) is 9.43. The highest BCUT2D eigenvalue weighted by Gasteiger charge is 2.17. The van der Waals surface area contributed by atoms with Gasteiger partial charge in [-0.3, -0.25) is 0 Å². The molecular formula is C13H25P. The molecule has 0 N–H and O–H groups in total. The molecule has 0 radical (unpaired) electrons. The van der Waals surface area contributed by atoms with Gasteiger partial charge in [-0.15, -0.1) is 8.58 Å². The lowest BCUT2D eigenvalue weighted by molar-refractivity contribution is 0.388. The first-order valence-corrected chi connectivity index (χ1v) is 7.97. The van der Waals surface area contributed by atoms with Crippen molar-refractivity contribution in [2.24, 2.45) is 5.92 Å². The van der Waals surface area contributed by atoms with Crippen LogP contribution in [0.2, 0.25) is 0 Å². The fourth-order valence-electron chi connectivity index (χ4n) is 3.03. The average Bonchev–Trinajstić information content (AvgIpc) is 2.29. The highest BCUT2D eigenvalue weighted by atomic mass is 31.1. The van der Waals surface area contributed by atoms with Crippen LogP contribution in [0.3, 0.4) is 0 Å². The Morgan fingerprint density at radius 3 is 1.93 bits per heavy atom. The Balaban J connectivity index is 1.60. The summed E-state index contributed by atoms with van der Waals surface area (Å²) in [5.41, 5.74) is 1.14. The molecule has 2 saturated carbocycles. The molecule has 82 valence electrons. The van der Waals surface area contributed by atoms with Crippen molar-refractivity contribution in [2.45, 2.75) is 69.9 Å². The van der Waals surface area contributed by atoms with Crippen molar-refractivity contribution in [1.82, 2.24) is 0 Å². The fourth-order valence-corrected chi connectivity index (χ4v) is 4.92. The predicted octanol–water partition coefficient (Wildman–Crippen LogP) is 4.58. The van der Waals surface area contributed by atoms with E-state index < -0.39 is 0 Å². The van der Waals surface area contributed by atoms with Crippen molar-refractivity contribution in [1.29, 1.82) is 0 Å². The van der Waals surface area contributed by atoms with Crippen LogP contribution in [0.1, 0.15) is 64.2 Å². The maximum Gasteiger partial charge on any atom is -0.0237 e. The van der Waals surface area contributed by atoms with Gasteiger partial charge in [0.1, 0.15) is 0 Å². The lowest BCUT2D eigenvalue weighted by Crippen LogP contribution is -2.12. The minimum atomic E-state index is 1.13. The standard InChI is InChI=1S/C13H25P/c1-3-7-12(8-4-1)11-14-13-9-5-2-6-10-13/h12-14H,1-11H2. The van der Waals surface area contributed by atoms with Gasteiger partial charge in [-0.25, -0.2) is 0 Å². The molecule has 2 aliphatic rings. The molecule has 14 heavy (non-hydrogen) atoms. The molecule has 0 aliphatic heterocycles. The van der Waals surface area contributed by atoms with Crippen LogP contribution in [0.15, 0.2) is 0 Å². The predicted molar refractivity (Wildman–Crippen MR) is 66.6 cm³/mol. The molecule has 2 fully saturated rings. The van der Waals surface area contributed by atoms with Crippen molar-refractivity contribution >= 4 is 8.58 Å². The second-order valence-electron chi connectivity index (χ2n) is 5.25. The van der Waals surface area contributed by atoms with Gasteiger partial charge in [0.05, 0.1) is 0 Å². The fraction of sp³-hybridized carbons (Fsp3) is 1.00. The Hall–Kier alpha value is 0.430. The highest BCUT2D eigenvalue weighted by Crippen LogP contribution is 2.37. The highest BCUT2D eigenvalue weighted by molar-refractivity contribution is 7.38. The normalized spacial score (nSPS) is 27.4. The summed E-state index contributed by atoms with van der Waals surface area (Å²) >= 11 is 0. The Kier molecular flexibility index (Phi) is 4.77. The van der Waals surface area contributed by atoms with Gasteiger partial charge in [0.15, 0.2) is 0 Å². The van der Waals surface area contributed by atoms with Crippen LogP contribution in [-0.4, -0.2) is 11.8 Å². The summed E-state index contributed by atoms with van der Waals surface area (Å²) in [7, 11) is 1.31. The number of hydrogen-bond acceptors (Lipinski definition) is 0. The average molecular weight is 212 g/mol. The molecule has 0 bridgehead atoms. The molecule has 0 saturated heterocycles. The van der Waals surface area contributed by atoms with Crippen LogP contribution < -0.4 is 0 Å². The van der Waals surface area contributed by atoms with Crippen LogP contribution >= 0.6 is 8.58 Å². The number of rotatable bonds is 3. The molecule has 0 aromatic carbocycles. The molecule has 1 atom stereocenters. The monoisotopic (exact) mass is 212 g/mol. The van der Waals surface area contributed by atoms with E-state index in [2.05, 4.69) is 0 Å². The van der Waals surface area contributed by atoms with Crippen LogP contribution in [0.5, 0.6) is 0 Å². The number of hydrogen-bond donors (Lipinski definition) is 0. The maximum absolute atomic E-state index is 1.59. The molecule has 0 spiro atoms. The van der Waals surface area contributed by atoms with Crippen molar-refractivity contribution in [3.8, 4) is 0 Å². The van der Waals surface area contributed by atoms with Gasteiger partial charge in [0, 0.05) is 0 Å². The van der Waals surface area contributed by atoms with Crippen LogP contribution in [-0.2, 0) is 0 Å². The maximum atomic E-state index is 1.59. The van der Waals surface area contributed by atoms with E-state index in [1.54, 1.807) is 31.8 Å². The smallest absolute Gasteiger partial charge is 0.0237 e. The zero-order chi connectivity index (χ0) is 9.64. The molecule has 0 nitrogen and oxygen atoms in total. The molecular weight excluding hydrogens is 187 g/mol. The van der Waals surface area contributed by atoms with Crippen molar-refractivity contribution in [3.63, 3.8) is 0 Å². The van der Waals surface area contributed by atoms with Crippen molar-refractivity contribution in [2.75, 3.05) is 6.16 Å². The Morgan fingerprint density at radius 2 is 1.29 bits per heavy atom. The summed E-state index contributed by atoms with van der Waals surface area (Å²) in [5, 5.41) is 0.